The van der Waals surface area contributed by atoms with Gasteiger partial charge in [0.1, 0.15) is 5.69 Å². The van der Waals surface area contributed by atoms with Crippen LogP contribution in [-0.2, 0) is 4.79 Å². The van der Waals surface area contributed by atoms with Crippen molar-refractivity contribution in [1.82, 2.24) is 15.1 Å². The highest BCUT2D eigenvalue weighted by atomic mass is 16.5. The van der Waals surface area contributed by atoms with Crippen LogP contribution in [-0.4, -0.2) is 26.9 Å². The Kier molecular flexibility index (Phi) is 7.30. The first-order valence-corrected chi connectivity index (χ1v) is 11.8. The van der Waals surface area contributed by atoms with Crippen LogP contribution < -0.4 is 16.4 Å². The predicted molar refractivity (Wildman–Crippen MR) is 135 cm³/mol. The lowest BCUT2D eigenvalue weighted by Gasteiger charge is -2.15. The first kappa shape index (κ1) is 24.5. The third-order valence-corrected chi connectivity index (χ3v) is 6.02. The molecule has 4 N–H and O–H groups in total. The molecule has 0 bridgehead atoms. The van der Waals surface area contributed by atoms with Crippen LogP contribution in [0.4, 0.5) is 11.4 Å². The van der Waals surface area contributed by atoms with Crippen molar-refractivity contribution in [3.8, 4) is 17.5 Å². The molecule has 2 aromatic carbocycles. The van der Waals surface area contributed by atoms with E-state index in [4.69, 9.17) is 0 Å². The molecule has 0 spiro atoms. The molecule has 10 heteroatoms. The summed E-state index contributed by atoms with van der Waals surface area (Å²) in [6.07, 6.45) is 3.60. The number of nitrogens with zero attached hydrogens (tertiary/aromatic N) is 2. The number of aromatic amines is 2. The highest BCUT2D eigenvalue weighted by Gasteiger charge is 2.19. The smallest absolute Gasteiger partial charge is 0.349 e. The molecule has 2 aromatic heterocycles. The summed E-state index contributed by atoms with van der Waals surface area (Å²) in [6.45, 7) is 4.10. The van der Waals surface area contributed by atoms with Crippen LogP contribution in [0, 0.1) is 17.2 Å². The summed E-state index contributed by atoms with van der Waals surface area (Å²) >= 11 is 0. The van der Waals surface area contributed by atoms with E-state index in [1.54, 1.807) is 24.3 Å². The maximum Gasteiger partial charge on any atom is 0.439 e. The first-order valence-electron chi connectivity index (χ1n) is 11.8. The third kappa shape index (κ3) is 5.20. The second-order valence-corrected chi connectivity index (χ2v) is 8.46. The Morgan fingerprint density at radius 3 is 2.64 bits per heavy atom. The number of H-pyrrole nitrogens is 2. The zero-order valence-corrected chi connectivity index (χ0v) is 20.0. The average Bonchev–Trinajstić information content (AvgIpc) is 3.52. The minimum Gasteiger partial charge on any atom is -0.349 e. The Bertz CT molecular complexity index is 1510. The van der Waals surface area contributed by atoms with Crippen molar-refractivity contribution in [2.45, 2.75) is 39.5 Å². The van der Waals surface area contributed by atoms with Crippen molar-refractivity contribution in [3.05, 3.63) is 64.3 Å². The molecule has 184 valence electrons. The molecule has 0 aliphatic heterocycles. The van der Waals surface area contributed by atoms with Gasteiger partial charge in [-0.05, 0) is 43.2 Å². The van der Waals surface area contributed by atoms with Gasteiger partial charge in [0.2, 0.25) is 5.91 Å². The van der Waals surface area contributed by atoms with Gasteiger partial charge in [0.15, 0.2) is 5.82 Å². The van der Waals surface area contributed by atoms with E-state index in [-0.39, 0.29) is 23.3 Å². The van der Waals surface area contributed by atoms with E-state index in [1.807, 2.05) is 25.1 Å². The van der Waals surface area contributed by atoms with Gasteiger partial charge in [-0.2, -0.15) is 5.26 Å². The van der Waals surface area contributed by atoms with Gasteiger partial charge in [-0.3, -0.25) is 19.1 Å². The molecule has 10 nitrogen and oxygen atoms in total. The minimum absolute atomic E-state index is 0.0390. The quantitative estimate of drug-likeness (QED) is 0.266. The van der Waals surface area contributed by atoms with Gasteiger partial charge >= 0.3 is 5.76 Å². The van der Waals surface area contributed by atoms with Gasteiger partial charge in [-0.15, -0.1) is 0 Å². The average molecular weight is 487 g/mol. The normalized spacial score (nSPS) is 11.7. The number of anilines is 2. The lowest BCUT2D eigenvalue weighted by atomic mass is 9.98. The fourth-order valence-electron chi connectivity index (χ4n) is 4.04. The number of hydrogen-bond acceptors (Lipinski definition) is 6. The topological polar surface area (TPSA) is 157 Å². The van der Waals surface area contributed by atoms with Crippen LogP contribution in [0.15, 0.2) is 51.8 Å². The number of carbonyl (C=O) groups is 2. The van der Waals surface area contributed by atoms with E-state index < -0.39 is 11.7 Å². The lowest BCUT2D eigenvalue weighted by Crippen LogP contribution is -2.22. The second kappa shape index (κ2) is 10.7. The maximum atomic E-state index is 13.1. The molecule has 0 aliphatic rings. The fourth-order valence-corrected chi connectivity index (χ4v) is 4.04. The van der Waals surface area contributed by atoms with Gasteiger partial charge in [0, 0.05) is 16.9 Å². The number of carbonyl (C=O) groups excluding carboxylic acids is 2. The minimum atomic E-state index is -0.755. The Hall–Kier alpha value is -4.65. The largest absolute Gasteiger partial charge is 0.439 e. The van der Waals surface area contributed by atoms with E-state index in [0.717, 1.165) is 31.1 Å². The van der Waals surface area contributed by atoms with Crippen molar-refractivity contribution in [3.63, 3.8) is 0 Å². The molecule has 1 unspecified atom stereocenters. The Morgan fingerprint density at radius 2 is 1.94 bits per heavy atom. The standard InChI is InChI=1S/C26H26N6O4/c1-3-5-7-16(4-2)24(33)30-20-9-6-8-17-13-21(28-22(17)20)25(34)29-19-11-10-15(14-27)12-18(19)23-31-26(35)36-32-23/h6,8-13,16,28H,3-5,7H2,1-2H3,(H,29,34)(H,30,33)(H,31,32,35). The molecule has 4 rings (SSSR count). The first-order chi connectivity index (χ1) is 17.4. The zero-order chi connectivity index (χ0) is 25.7. The number of benzene rings is 2. The molecular formula is C26H26N6O4. The van der Waals surface area contributed by atoms with Crippen molar-refractivity contribution < 1.29 is 14.1 Å². The van der Waals surface area contributed by atoms with Gasteiger partial charge in [0.25, 0.3) is 5.91 Å². The SMILES string of the molecule is CCCCC(CC)C(=O)Nc1cccc2cc(C(=O)Nc3ccc(C#N)cc3-c3noc(=O)[nH]3)[nH]c12. The number of nitriles is 1. The van der Waals surface area contributed by atoms with Crippen molar-refractivity contribution in [2.75, 3.05) is 10.6 Å². The second-order valence-electron chi connectivity index (χ2n) is 8.46. The van der Waals surface area contributed by atoms with Crippen LogP contribution in [0.2, 0.25) is 0 Å². The van der Waals surface area contributed by atoms with Crippen LogP contribution in [0.3, 0.4) is 0 Å². The van der Waals surface area contributed by atoms with Gasteiger partial charge in [-0.25, -0.2) is 4.79 Å². The molecule has 0 radical (unpaired) electrons. The monoisotopic (exact) mass is 486 g/mol. The molecule has 1 atom stereocenters. The number of para-hydroxylation sites is 1. The van der Waals surface area contributed by atoms with E-state index in [9.17, 15) is 19.6 Å². The number of unbranched alkanes of at least 4 members (excludes halogenated alkanes) is 1. The predicted octanol–water partition coefficient (Wildman–Crippen LogP) is 4.79. The number of amides is 2. The molecule has 0 saturated heterocycles. The lowest BCUT2D eigenvalue weighted by molar-refractivity contribution is -0.120. The van der Waals surface area contributed by atoms with Crippen LogP contribution in [0.1, 0.15) is 55.6 Å². The molecule has 4 aromatic rings. The third-order valence-electron chi connectivity index (χ3n) is 6.02. The Balaban J connectivity index is 1.60. The summed E-state index contributed by atoms with van der Waals surface area (Å²) in [7, 11) is 0. The van der Waals surface area contributed by atoms with E-state index >= 15 is 0 Å². The molecule has 2 heterocycles. The molecular weight excluding hydrogens is 460 g/mol. The van der Waals surface area contributed by atoms with Gasteiger partial charge in [0.05, 0.1) is 28.5 Å². The number of nitrogens with one attached hydrogen (secondary N) is 4. The molecule has 0 saturated carbocycles. The number of aromatic nitrogens is 3. The summed E-state index contributed by atoms with van der Waals surface area (Å²) in [4.78, 5) is 42.9. The van der Waals surface area contributed by atoms with Crippen molar-refractivity contribution in [1.29, 1.82) is 5.26 Å². The fraction of sp³-hybridized carbons (Fsp3) is 0.269. The number of hydrogen-bond donors (Lipinski definition) is 4. The summed E-state index contributed by atoms with van der Waals surface area (Å²) in [5.74, 6) is -1.23. The van der Waals surface area contributed by atoms with Crippen molar-refractivity contribution in [2.24, 2.45) is 5.92 Å². The summed E-state index contributed by atoms with van der Waals surface area (Å²) < 4.78 is 4.57. The zero-order valence-electron chi connectivity index (χ0n) is 20.0. The van der Waals surface area contributed by atoms with E-state index in [0.29, 0.717) is 28.0 Å². The highest BCUT2D eigenvalue weighted by molar-refractivity contribution is 6.09. The van der Waals surface area contributed by atoms with E-state index in [1.165, 1.54) is 6.07 Å². The maximum absolute atomic E-state index is 13.1. The van der Waals surface area contributed by atoms with Gasteiger partial charge in [-0.1, -0.05) is 44.0 Å². The summed E-state index contributed by atoms with van der Waals surface area (Å²) in [5, 5.41) is 19.5. The summed E-state index contributed by atoms with van der Waals surface area (Å²) in [5.41, 5.74) is 2.50. The Morgan fingerprint density at radius 1 is 1.11 bits per heavy atom. The molecule has 0 fully saturated rings. The molecule has 36 heavy (non-hydrogen) atoms. The van der Waals surface area contributed by atoms with Gasteiger partial charge < -0.3 is 15.6 Å². The number of rotatable bonds is 9. The van der Waals surface area contributed by atoms with E-state index in [2.05, 4.69) is 37.2 Å². The van der Waals surface area contributed by atoms with Crippen molar-refractivity contribution >= 4 is 34.1 Å². The van der Waals surface area contributed by atoms with Crippen LogP contribution in [0.5, 0.6) is 0 Å². The number of fused-ring (bicyclic) bond motifs is 1. The Labute approximate surface area is 206 Å². The molecule has 0 aliphatic carbocycles. The van der Waals surface area contributed by atoms with Crippen LogP contribution >= 0.6 is 0 Å². The highest BCUT2D eigenvalue weighted by Crippen LogP contribution is 2.28. The summed E-state index contributed by atoms with van der Waals surface area (Å²) in [6, 6.07) is 13.7. The van der Waals surface area contributed by atoms with Crippen LogP contribution in [0.25, 0.3) is 22.3 Å². The molecule has 2 amide bonds.